The van der Waals surface area contributed by atoms with E-state index >= 15 is 0 Å². The van der Waals surface area contributed by atoms with Crippen LogP contribution in [0.1, 0.15) is 19.0 Å². The van der Waals surface area contributed by atoms with Crippen molar-refractivity contribution in [3.8, 4) is 0 Å². The van der Waals surface area contributed by atoms with Crippen LogP contribution in [0.4, 0.5) is 5.69 Å². The number of nitrogens with one attached hydrogen (secondary N) is 1. The molecule has 1 heterocycles. The second-order valence-corrected chi connectivity index (χ2v) is 3.93. The number of hydrogen-bond acceptors (Lipinski definition) is 2. The molecule has 0 fully saturated rings. The maximum absolute atomic E-state index is 5.82. The van der Waals surface area contributed by atoms with Crippen molar-refractivity contribution in [2.45, 2.75) is 25.6 Å². The lowest BCUT2D eigenvalue weighted by Crippen LogP contribution is -2.06. The van der Waals surface area contributed by atoms with Gasteiger partial charge in [0.2, 0.25) is 0 Å². The topological polar surface area (TPSA) is 24.9 Å². The molecule has 13 heavy (non-hydrogen) atoms. The van der Waals surface area contributed by atoms with Crippen LogP contribution in [0.15, 0.2) is 18.3 Å². The Morgan fingerprint density at radius 3 is 3.00 bits per heavy atom. The molecule has 1 aromatic heterocycles. The summed E-state index contributed by atoms with van der Waals surface area (Å²) in [5.41, 5.74) is 2.15. The second kappa shape index (κ2) is 5.07. The van der Waals surface area contributed by atoms with Crippen molar-refractivity contribution in [3.05, 3.63) is 24.0 Å². The van der Waals surface area contributed by atoms with Crippen molar-refractivity contribution in [1.29, 1.82) is 0 Å². The molecule has 0 aliphatic heterocycles. The van der Waals surface area contributed by atoms with E-state index in [1.807, 2.05) is 32.2 Å². The molecule has 0 aromatic carbocycles. The number of rotatable bonds is 4. The number of nitrogens with zero attached hydrogens (tertiary/aromatic N) is 1. The van der Waals surface area contributed by atoms with E-state index in [0.29, 0.717) is 0 Å². The number of halogens is 1. The zero-order valence-corrected chi connectivity index (χ0v) is 8.80. The fourth-order valence-corrected chi connectivity index (χ4v) is 1.18. The number of hydrogen-bond donors (Lipinski definition) is 1. The third-order valence-electron chi connectivity index (χ3n) is 1.77. The van der Waals surface area contributed by atoms with E-state index in [9.17, 15) is 0 Å². The van der Waals surface area contributed by atoms with Gasteiger partial charge in [-0.05, 0) is 32.4 Å². The summed E-state index contributed by atoms with van der Waals surface area (Å²) in [4.78, 5) is 4.12. The standard InChI is InChI=1S/C10H15ClN2/c1-8(11)3-5-13-10-4-6-12-9(2)7-10/h4,6-8H,3,5H2,1-2H3,(H,12,13). The molecule has 1 rings (SSSR count). The van der Waals surface area contributed by atoms with E-state index in [1.54, 1.807) is 0 Å². The average molecular weight is 199 g/mol. The second-order valence-electron chi connectivity index (χ2n) is 3.18. The molecule has 1 aromatic rings. The van der Waals surface area contributed by atoms with E-state index in [-0.39, 0.29) is 5.38 Å². The summed E-state index contributed by atoms with van der Waals surface area (Å²) in [6.07, 6.45) is 2.78. The molecule has 1 N–H and O–H groups in total. The first-order chi connectivity index (χ1) is 6.18. The fraction of sp³-hybridized carbons (Fsp3) is 0.500. The summed E-state index contributed by atoms with van der Waals surface area (Å²) in [6, 6.07) is 3.99. The first-order valence-corrected chi connectivity index (χ1v) is 4.92. The van der Waals surface area contributed by atoms with Crippen LogP contribution in [0.25, 0.3) is 0 Å². The van der Waals surface area contributed by atoms with Gasteiger partial charge in [0.25, 0.3) is 0 Å². The number of aryl methyl sites for hydroxylation is 1. The minimum Gasteiger partial charge on any atom is -0.385 e. The van der Waals surface area contributed by atoms with Gasteiger partial charge < -0.3 is 5.32 Å². The Morgan fingerprint density at radius 1 is 1.62 bits per heavy atom. The first-order valence-electron chi connectivity index (χ1n) is 4.49. The van der Waals surface area contributed by atoms with Gasteiger partial charge in [0.15, 0.2) is 0 Å². The van der Waals surface area contributed by atoms with Crippen molar-refractivity contribution < 1.29 is 0 Å². The van der Waals surface area contributed by atoms with Crippen molar-refractivity contribution >= 4 is 17.3 Å². The van der Waals surface area contributed by atoms with E-state index in [4.69, 9.17) is 11.6 Å². The van der Waals surface area contributed by atoms with Gasteiger partial charge in [-0.15, -0.1) is 11.6 Å². The van der Waals surface area contributed by atoms with Crippen LogP contribution in [0.2, 0.25) is 0 Å². The maximum Gasteiger partial charge on any atom is 0.0393 e. The Labute approximate surface area is 84.3 Å². The van der Waals surface area contributed by atoms with Gasteiger partial charge in [0.1, 0.15) is 0 Å². The molecule has 0 spiro atoms. The lowest BCUT2D eigenvalue weighted by atomic mass is 10.3. The van der Waals surface area contributed by atoms with Gasteiger partial charge in [-0.1, -0.05) is 0 Å². The SMILES string of the molecule is Cc1cc(NCCC(C)Cl)ccn1. The molecule has 0 bridgehead atoms. The molecule has 72 valence electrons. The van der Waals surface area contributed by atoms with Gasteiger partial charge >= 0.3 is 0 Å². The molecule has 0 saturated heterocycles. The Morgan fingerprint density at radius 2 is 2.38 bits per heavy atom. The Hall–Kier alpha value is -0.760. The summed E-state index contributed by atoms with van der Waals surface area (Å²) in [5.74, 6) is 0. The fourth-order valence-electron chi connectivity index (χ4n) is 1.07. The molecule has 0 aliphatic carbocycles. The molecule has 0 aliphatic rings. The molecule has 0 radical (unpaired) electrons. The quantitative estimate of drug-likeness (QED) is 0.753. The van der Waals surface area contributed by atoms with Crippen LogP contribution < -0.4 is 5.32 Å². The molecular formula is C10H15ClN2. The van der Waals surface area contributed by atoms with Crippen LogP contribution in [0, 0.1) is 6.92 Å². The Bertz CT molecular complexity index is 261. The number of pyridine rings is 1. The normalized spacial score (nSPS) is 12.5. The largest absolute Gasteiger partial charge is 0.385 e. The minimum atomic E-state index is 0.232. The molecule has 3 heteroatoms. The monoisotopic (exact) mass is 198 g/mol. The highest BCUT2D eigenvalue weighted by atomic mass is 35.5. The molecule has 0 saturated carbocycles. The maximum atomic E-state index is 5.82. The van der Waals surface area contributed by atoms with E-state index in [2.05, 4.69) is 10.3 Å². The summed E-state index contributed by atoms with van der Waals surface area (Å²) < 4.78 is 0. The van der Waals surface area contributed by atoms with Crippen LogP contribution in [-0.4, -0.2) is 16.9 Å². The highest BCUT2D eigenvalue weighted by Gasteiger charge is 1.96. The lowest BCUT2D eigenvalue weighted by molar-refractivity contribution is 0.842. The van der Waals surface area contributed by atoms with Crippen molar-refractivity contribution in [1.82, 2.24) is 4.98 Å². The van der Waals surface area contributed by atoms with Gasteiger partial charge in [-0.2, -0.15) is 0 Å². The predicted octanol–water partition coefficient (Wildman–Crippen LogP) is 2.82. The summed E-state index contributed by atoms with van der Waals surface area (Å²) in [7, 11) is 0. The zero-order chi connectivity index (χ0) is 9.68. The van der Waals surface area contributed by atoms with Crippen molar-refractivity contribution in [3.63, 3.8) is 0 Å². The van der Waals surface area contributed by atoms with Gasteiger partial charge in [0, 0.05) is 29.5 Å². The smallest absolute Gasteiger partial charge is 0.0393 e. The van der Waals surface area contributed by atoms with Gasteiger partial charge in [-0.25, -0.2) is 0 Å². The van der Waals surface area contributed by atoms with E-state index in [1.165, 1.54) is 0 Å². The van der Waals surface area contributed by atoms with Crippen molar-refractivity contribution in [2.75, 3.05) is 11.9 Å². The van der Waals surface area contributed by atoms with Crippen LogP contribution in [0.5, 0.6) is 0 Å². The third-order valence-corrected chi connectivity index (χ3v) is 1.99. The van der Waals surface area contributed by atoms with Crippen molar-refractivity contribution in [2.24, 2.45) is 0 Å². The van der Waals surface area contributed by atoms with Crippen LogP contribution in [0.3, 0.4) is 0 Å². The Kier molecular flexibility index (Phi) is 4.03. The number of aromatic nitrogens is 1. The van der Waals surface area contributed by atoms with E-state index in [0.717, 1.165) is 24.3 Å². The molecule has 1 atom stereocenters. The highest BCUT2D eigenvalue weighted by molar-refractivity contribution is 6.20. The lowest BCUT2D eigenvalue weighted by Gasteiger charge is -2.07. The van der Waals surface area contributed by atoms with Crippen LogP contribution in [-0.2, 0) is 0 Å². The first kappa shape index (κ1) is 10.3. The molecular weight excluding hydrogens is 184 g/mol. The highest BCUT2D eigenvalue weighted by Crippen LogP contribution is 2.08. The summed E-state index contributed by atoms with van der Waals surface area (Å²) >= 11 is 5.82. The predicted molar refractivity (Wildman–Crippen MR) is 57.4 cm³/mol. The summed E-state index contributed by atoms with van der Waals surface area (Å²) in [6.45, 7) is 4.89. The Balaban J connectivity index is 2.37. The van der Waals surface area contributed by atoms with Gasteiger partial charge in [0.05, 0.1) is 0 Å². The van der Waals surface area contributed by atoms with Crippen LogP contribution >= 0.6 is 11.6 Å². The minimum absolute atomic E-state index is 0.232. The zero-order valence-electron chi connectivity index (χ0n) is 8.05. The van der Waals surface area contributed by atoms with Gasteiger partial charge in [-0.3, -0.25) is 4.98 Å². The average Bonchev–Trinajstić information content (AvgIpc) is 2.03. The molecule has 0 amide bonds. The molecule has 1 unspecified atom stereocenters. The van der Waals surface area contributed by atoms with E-state index < -0.39 is 0 Å². The summed E-state index contributed by atoms with van der Waals surface area (Å²) in [5, 5.41) is 3.52. The number of anilines is 1. The third kappa shape index (κ3) is 4.13. The molecule has 2 nitrogen and oxygen atoms in total. The number of alkyl halides is 1.